The summed E-state index contributed by atoms with van der Waals surface area (Å²) in [5, 5.41) is 35.4. The van der Waals surface area contributed by atoms with E-state index < -0.39 is 55.1 Å². The number of nitrogens with two attached hydrogens (primary N) is 1. The van der Waals surface area contributed by atoms with Crippen LogP contribution in [0.5, 0.6) is 0 Å². The van der Waals surface area contributed by atoms with Gasteiger partial charge in [-0.05, 0) is 39.2 Å². The van der Waals surface area contributed by atoms with Crippen LogP contribution in [0, 0.1) is 0 Å². The van der Waals surface area contributed by atoms with E-state index in [-0.39, 0.29) is 37.2 Å². The highest BCUT2D eigenvalue weighted by Crippen LogP contribution is 2.05. The minimum absolute atomic E-state index is 0.150. The molecule has 1 rings (SSSR count). The normalized spacial score (nSPS) is 26.4. The molecule has 36 heavy (non-hydrogen) atoms. The highest BCUT2D eigenvalue weighted by Gasteiger charge is 2.28. The molecule has 10 N–H and O–H groups in total. The van der Waals surface area contributed by atoms with Crippen LogP contribution in [0.15, 0.2) is 0 Å². The van der Waals surface area contributed by atoms with Crippen molar-refractivity contribution in [2.75, 3.05) is 33.4 Å². The number of carbonyl (C=O) groups is 5. The molecule has 0 aromatic carbocycles. The molecular weight excluding hydrogens is 474 g/mol. The van der Waals surface area contributed by atoms with Crippen molar-refractivity contribution < 1.29 is 34.2 Å². The zero-order valence-electron chi connectivity index (χ0n) is 21.0. The third-order valence-electron chi connectivity index (χ3n) is 5.99. The Labute approximate surface area is 210 Å². The van der Waals surface area contributed by atoms with Gasteiger partial charge in [-0.2, -0.15) is 0 Å². The molecule has 1 fully saturated rings. The molecule has 1 aliphatic heterocycles. The van der Waals surface area contributed by atoms with Crippen molar-refractivity contribution in [3.63, 3.8) is 0 Å². The maximum absolute atomic E-state index is 12.8. The Morgan fingerprint density at radius 3 is 2.42 bits per heavy atom. The third kappa shape index (κ3) is 10.8. The van der Waals surface area contributed by atoms with Gasteiger partial charge in [0.05, 0.1) is 19.3 Å². The fourth-order valence-electron chi connectivity index (χ4n) is 3.62. The fourth-order valence-corrected chi connectivity index (χ4v) is 3.62. The largest absolute Gasteiger partial charge is 0.394 e. The summed E-state index contributed by atoms with van der Waals surface area (Å²) in [6, 6.07) is -4.38. The van der Waals surface area contributed by atoms with Gasteiger partial charge in [-0.1, -0.05) is 6.92 Å². The van der Waals surface area contributed by atoms with Crippen molar-refractivity contribution in [2.45, 2.75) is 75.7 Å². The van der Waals surface area contributed by atoms with Gasteiger partial charge in [0.25, 0.3) is 0 Å². The quantitative estimate of drug-likeness (QED) is 0.161. The topological polar surface area (TPSA) is 224 Å². The molecule has 0 saturated carbocycles. The summed E-state index contributed by atoms with van der Waals surface area (Å²) in [5.74, 6) is -2.79. The molecule has 5 amide bonds. The molecule has 14 nitrogen and oxygen atoms in total. The highest BCUT2D eigenvalue weighted by molar-refractivity contribution is 5.92. The SMILES string of the molecule is CCC1CNC(CO)C(=O)NC(C(=O)NC(CO)C(N)=O)CCCCNC(=O)CCC(NC)C(=O)N1. The number of hydrogen-bond acceptors (Lipinski definition) is 9. The second-order valence-corrected chi connectivity index (χ2v) is 8.69. The number of carbonyl (C=O) groups excluding carboxylic acids is 5. The lowest BCUT2D eigenvalue weighted by molar-refractivity contribution is -0.133. The predicted octanol–water partition coefficient (Wildman–Crippen LogP) is -4.05. The van der Waals surface area contributed by atoms with E-state index >= 15 is 0 Å². The van der Waals surface area contributed by atoms with Crippen LogP contribution in [-0.4, -0.2) is 103 Å². The molecule has 206 valence electrons. The van der Waals surface area contributed by atoms with Crippen LogP contribution >= 0.6 is 0 Å². The van der Waals surface area contributed by atoms with E-state index in [1.165, 1.54) is 0 Å². The van der Waals surface area contributed by atoms with Crippen LogP contribution in [-0.2, 0) is 24.0 Å². The Hall–Kier alpha value is -2.81. The lowest BCUT2D eigenvalue weighted by atomic mass is 10.1. The standard InChI is InChI=1S/C22H41N7O7/c1-3-13-10-26-17(12-31)22(36)28-15(21(35)29-16(11-30)19(23)33)6-4-5-9-25-18(32)8-7-14(24-2)20(34)27-13/h13-17,24,26,30-31H,3-12H2,1-2H3,(H2,23,33)(H,25,32)(H,27,34)(H,28,36)(H,29,35). The van der Waals surface area contributed by atoms with Gasteiger partial charge in [-0.25, -0.2) is 0 Å². The van der Waals surface area contributed by atoms with Gasteiger partial charge in [0.15, 0.2) is 0 Å². The van der Waals surface area contributed by atoms with Crippen LogP contribution in [0.3, 0.4) is 0 Å². The first-order valence-electron chi connectivity index (χ1n) is 12.3. The molecule has 0 spiro atoms. The van der Waals surface area contributed by atoms with E-state index in [9.17, 15) is 34.2 Å². The van der Waals surface area contributed by atoms with Gasteiger partial charge in [0, 0.05) is 25.6 Å². The van der Waals surface area contributed by atoms with E-state index in [4.69, 9.17) is 5.73 Å². The summed E-state index contributed by atoms with van der Waals surface area (Å²) in [7, 11) is 1.64. The summed E-state index contributed by atoms with van der Waals surface area (Å²) in [6.45, 7) is 1.09. The number of aliphatic hydroxyl groups is 2. The van der Waals surface area contributed by atoms with E-state index in [0.717, 1.165) is 0 Å². The Morgan fingerprint density at radius 2 is 1.83 bits per heavy atom. The van der Waals surface area contributed by atoms with E-state index in [1.807, 2.05) is 6.92 Å². The predicted molar refractivity (Wildman–Crippen MR) is 130 cm³/mol. The molecule has 1 aliphatic rings. The van der Waals surface area contributed by atoms with Crippen molar-refractivity contribution in [3.05, 3.63) is 0 Å². The van der Waals surface area contributed by atoms with Crippen LogP contribution in [0.4, 0.5) is 0 Å². The van der Waals surface area contributed by atoms with Crippen LogP contribution in [0.25, 0.3) is 0 Å². The number of likely N-dealkylation sites (N-methyl/N-ethyl adjacent to an activating group) is 1. The van der Waals surface area contributed by atoms with E-state index in [1.54, 1.807) is 7.05 Å². The summed E-state index contributed by atoms with van der Waals surface area (Å²) >= 11 is 0. The fraction of sp³-hybridized carbons (Fsp3) is 0.773. The van der Waals surface area contributed by atoms with Gasteiger partial charge in [-0.15, -0.1) is 0 Å². The van der Waals surface area contributed by atoms with Gasteiger partial charge < -0.3 is 47.8 Å². The monoisotopic (exact) mass is 515 g/mol. The Kier molecular flexibility index (Phi) is 14.6. The molecule has 0 aromatic heterocycles. The minimum Gasteiger partial charge on any atom is -0.394 e. The van der Waals surface area contributed by atoms with Crippen molar-refractivity contribution in [1.82, 2.24) is 31.9 Å². The second-order valence-electron chi connectivity index (χ2n) is 8.69. The Balaban J connectivity index is 3.02. The first kappa shape index (κ1) is 31.2. The van der Waals surface area contributed by atoms with Crippen LogP contribution < -0.4 is 37.6 Å². The maximum atomic E-state index is 12.8. The summed E-state index contributed by atoms with van der Waals surface area (Å²) in [5.41, 5.74) is 5.17. The third-order valence-corrected chi connectivity index (χ3v) is 5.99. The Morgan fingerprint density at radius 1 is 1.11 bits per heavy atom. The number of amides is 5. The zero-order chi connectivity index (χ0) is 27.1. The minimum atomic E-state index is -1.32. The van der Waals surface area contributed by atoms with Gasteiger partial charge >= 0.3 is 0 Å². The lowest BCUT2D eigenvalue weighted by Crippen LogP contribution is -2.58. The summed E-state index contributed by atoms with van der Waals surface area (Å²) < 4.78 is 0. The molecule has 1 heterocycles. The number of primary amides is 1. The molecule has 0 radical (unpaired) electrons. The molecule has 0 aromatic rings. The maximum Gasteiger partial charge on any atom is 0.243 e. The molecule has 0 bridgehead atoms. The summed E-state index contributed by atoms with van der Waals surface area (Å²) in [6.07, 6.45) is 2.11. The molecule has 14 heteroatoms. The number of hydrogen-bond donors (Lipinski definition) is 9. The van der Waals surface area contributed by atoms with Gasteiger partial charge in [-0.3, -0.25) is 24.0 Å². The molecule has 0 aliphatic carbocycles. The average molecular weight is 516 g/mol. The second kappa shape index (κ2) is 16.8. The van der Waals surface area contributed by atoms with Crippen LogP contribution in [0.2, 0.25) is 0 Å². The van der Waals surface area contributed by atoms with E-state index in [2.05, 4.69) is 31.9 Å². The average Bonchev–Trinajstić information content (AvgIpc) is 2.85. The molecule has 5 unspecified atom stereocenters. The van der Waals surface area contributed by atoms with Crippen molar-refractivity contribution in [2.24, 2.45) is 5.73 Å². The molecule has 5 atom stereocenters. The van der Waals surface area contributed by atoms with Gasteiger partial charge in [0.1, 0.15) is 18.1 Å². The van der Waals surface area contributed by atoms with Gasteiger partial charge in [0.2, 0.25) is 29.5 Å². The summed E-state index contributed by atoms with van der Waals surface area (Å²) in [4.78, 5) is 61.8. The lowest BCUT2D eigenvalue weighted by Gasteiger charge is -2.26. The highest BCUT2D eigenvalue weighted by atomic mass is 16.3. The number of rotatable bonds is 7. The zero-order valence-corrected chi connectivity index (χ0v) is 21.0. The smallest absolute Gasteiger partial charge is 0.243 e. The first-order chi connectivity index (χ1) is 17.2. The van der Waals surface area contributed by atoms with Crippen molar-refractivity contribution >= 4 is 29.5 Å². The van der Waals surface area contributed by atoms with Crippen molar-refractivity contribution in [1.29, 1.82) is 0 Å². The van der Waals surface area contributed by atoms with Crippen molar-refractivity contribution in [3.8, 4) is 0 Å². The Bertz CT molecular complexity index is 752. The number of aliphatic hydroxyl groups excluding tert-OH is 2. The van der Waals surface area contributed by atoms with E-state index in [0.29, 0.717) is 32.2 Å². The molecular formula is C22H41N7O7. The molecule has 1 saturated heterocycles. The van der Waals surface area contributed by atoms with Crippen LogP contribution in [0.1, 0.15) is 45.4 Å². The first-order valence-corrected chi connectivity index (χ1v) is 12.3. The number of nitrogens with one attached hydrogen (secondary N) is 6.